The molecule has 0 aliphatic carbocycles. The Labute approximate surface area is 178 Å². The third kappa shape index (κ3) is 5.06. The van der Waals surface area contributed by atoms with Gasteiger partial charge in [0.15, 0.2) is 0 Å². The van der Waals surface area contributed by atoms with Crippen LogP contribution in [0.2, 0.25) is 0 Å². The average Bonchev–Trinajstić information content (AvgIpc) is 2.62. The van der Waals surface area contributed by atoms with Gasteiger partial charge < -0.3 is 4.74 Å². The van der Waals surface area contributed by atoms with Gasteiger partial charge in [-0.2, -0.15) is 0 Å². The Morgan fingerprint density at radius 1 is 0.923 bits per heavy atom. The zero-order valence-electron chi connectivity index (χ0n) is 14.0. The Morgan fingerprint density at radius 2 is 1.58 bits per heavy atom. The van der Waals surface area contributed by atoms with Gasteiger partial charge in [-0.3, -0.25) is 4.99 Å². The van der Waals surface area contributed by atoms with Gasteiger partial charge in [-0.25, -0.2) is 0 Å². The lowest BCUT2D eigenvalue weighted by atomic mass is 10.2. The standard InChI is InChI=1S/C21H16Br3NO/c1-14-4-2-3-5-20(14)25-12-16-10-18(23)21(19(24)11-16)26-13-15-6-8-17(22)9-7-15/h2-12H,13H2,1H3. The van der Waals surface area contributed by atoms with Crippen molar-refractivity contribution >= 4 is 59.7 Å². The number of hydrogen-bond acceptors (Lipinski definition) is 2. The second kappa shape index (κ2) is 8.98. The number of aryl methyl sites for hydroxylation is 1. The molecule has 26 heavy (non-hydrogen) atoms. The number of rotatable bonds is 5. The molecule has 0 bridgehead atoms. The first-order valence-corrected chi connectivity index (χ1v) is 10.4. The molecule has 0 saturated heterocycles. The summed E-state index contributed by atoms with van der Waals surface area (Å²) in [5.41, 5.74) is 4.21. The predicted molar refractivity (Wildman–Crippen MR) is 119 cm³/mol. The van der Waals surface area contributed by atoms with Gasteiger partial charge in [-0.1, -0.05) is 46.3 Å². The van der Waals surface area contributed by atoms with E-state index >= 15 is 0 Å². The molecule has 0 aliphatic rings. The fourth-order valence-electron chi connectivity index (χ4n) is 2.38. The van der Waals surface area contributed by atoms with Crippen molar-refractivity contribution in [2.45, 2.75) is 13.5 Å². The highest BCUT2D eigenvalue weighted by Gasteiger charge is 2.09. The Balaban J connectivity index is 1.75. The molecule has 0 N–H and O–H groups in total. The number of benzene rings is 3. The van der Waals surface area contributed by atoms with E-state index < -0.39 is 0 Å². The van der Waals surface area contributed by atoms with Gasteiger partial charge in [0.25, 0.3) is 0 Å². The van der Waals surface area contributed by atoms with E-state index in [-0.39, 0.29) is 0 Å². The smallest absolute Gasteiger partial charge is 0.148 e. The first-order valence-electron chi connectivity index (χ1n) is 7.99. The van der Waals surface area contributed by atoms with E-state index in [4.69, 9.17) is 4.74 Å². The number of nitrogens with zero attached hydrogens (tertiary/aromatic N) is 1. The monoisotopic (exact) mass is 535 g/mol. The summed E-state index contributed by atoms with van der Waals surface area (Å²) in [6.07, 6.45) is 1.86. The van der Waals surface area contributed by atoms with Crippen molar-refractivity contribution < 1.29 is 4.74 Å². The Kier molecular flexibility index (Phi) is 6.68. The second-order valence-electron chi connectivity index (χ2n) is 5.77. The molecule has 2 nitrogen and oxygen atoms in total. The highest BCUT2D eigenvalue weighted by Crippen LogP contribution is 2.35. The van der Waals surface area contributed by atoms with Crippen LogP contribution < -0.4 is 4.74 Å². The van der Waals surface area contributed by atoms with E-state index in [1.807, 2.05) is 60.8 Å². The molecule has 0 saturated carbocycles. The van der Waals surface area contributed by atoms with Crippen LogP contribution >= 0.6 is 47.8 Å². The van der Waals surface area contributed by atoms with Gasteiger partial charge in [0.1, 0.15) is 12.4 Å². The van der Waals surface area contributed by atoms with Crippen LogP contribution in [0, 0.1) is 6.92 Å². The third-order valence-electron chi connectivity index (χ3n) is 3.79. The molecular formula is C21H16Br3NO. The molecule has 3 aromatic carbocycles. The van der Waals surface area contributed by atoms with Crippen LogP contribution in [0.3, 0.4) is 0 Å². The molecule has 0 spiro atoms. The van der Waals surface area contributed by atoms with Crippen LogP contribution in [0.5, 0.6) is 5.75 Å². The molecule has 5 heteroatoms. The first kappa shape index (κ1) is 19.3. The fourth-order valence-corrected chi connectivity index (χ4v) is 4.10. The van der Waals surface area contributed by atoms with Crippen molar-refractivity contribution in [3.63, 3.8) is 0 Å². The van der Waals surface area contributed by atoms with E-state index in [0.717, 1.165) is 41.5 Å². The molecule has 0 unspecified atom stereocenters. The van der Waals surface area contributed by atoms with E-state index in [0.29, 0.717) is 6.61 Å². The second-order valence-corrected chi connectivity index (χ2v) is 8.40. The number of halogens is 3. The molecule has 0 fully saturated rings. The van der Waals surface area contributed by atoms with Crippen LogP contribution in [0.1, 0.15) is 16.7 Å². The normalized spacial score (nSPS) is 11.1. The predicted octanol–water partition coefficient (Wildman–Crippen LogP) is 7.61. The average molecular weight is 538 g/mol. The molecule has 0 amide bonds. The van der Waals surface area contributed by atoms with Crippen molar-refractivity contribution in [2.75, 3.05) is 0 Å². The SMILES string of the molecule is Cc1ccccc1N=Cc1cc(Br)c(OCc2ccc(Br)cc2)c(Br)c1. The van der Waals surface area contributed by atoms with Crippen molar-refractivity contribution in [1.29, 1.82) is 0 Å². The first-order chi connectivity index (χ1) is 12.5. The maximum absolute atomic E-state index is 5.98. The summed E-state index contributed by atoms with van der Waals surface area (Å²) in [5, 5.41) is 0. The highest BCUT2D eigenvalue weighted by molar-refractivity contribution is 9.11. The number of aliphatic imine (C=N–C) groups is 1. The maximum atomic E-state index is 5.98. The van der Waals surface area contributed by atoms with Gasteiger partial charge >= 0.3 is 0 Å². The van der Waals surface area contributed by atoms with Crippen LogP contribution in [-0.2, 0) is 6.61 Å². The molecule has 132 valence electrons. The summed E-state index contributed by atoms with van der Waals surface area (Å²) < 4.78 is 8.80. The molecule has 0 aromatic heterocycles. The largest absolute Gasteiger partial charge is 0.487 e. The summed E-state index contributed by atoms with van der Waals surface area (Å²) >= 11 is 10.6. The molecule has 0 heterocycles. The Hall–Kier alpha value is -1.43. The van der Waals surface area contributed by atoms with E-state index in [2.05, 4.69) is 65.8 Å². The molecule has 3 rings (SSSR count). The number of ether oxygens (including phenoxy) is 1. The summed E-state index contributed by atoms with van der Waals surface area (Å²) in [6.45, 7) is 2.55. The van der Waals surface area contributed by atoms with Gasteiger partial charge in [-0.15, -0.1) is 0 Å². The van der Waals surface area contributed by atoms with Crippen molar-refractivity contribution in [2.24, 2.45) is 4.99 Å². The Bertz CT molecular complexity index is 913. The van der Waals surface area contributed by atoms with Crippen molar-refractivity contribution in [3.05, 3.63) is 90.8 Å². The summed E-state index contributed by atoms with van der Waals surface area (Å²) in [7, 11) is 0. The van der Waals surface area contributed by atoms with Crippen LogP contribution in [0.15, 0.2) is 79.1 Å². The minimum atomic E-state index is 0.501. The molecule has 0 aliphatic heterocycles. The fraction of sp³-hybridized carbons (Fsp3) is 0.0952. The number of para-hydroxylation sites is 1. The highest BCUT2D eigenvalue weighted by atomic mass is 79.9. The minimum Gasteiger partial charge on any atom is -0.487 e. The van der Waals surface area contributed by atoms with Gasteiger partial charge in [-0.05, 0) is 85.8 Å². The molecule has 0 atom stereocenters. The Morgan fingerprint density at radius 3 is 2.23 bits per heavy atom. The minimum absolute atomic E-state index is 0.501. The topological polar surface area (TPSA) is 21.6 Å². The van der Waals surface area contributed by atoms with Gasteiger partial charge in [0.05, 0.1) is 14.6 Å². The zero-order valence-corrected chi connectivity index (χ0v) is 18.8. The summed E-state index contributed by atoms with van der Waals surface area (Å²) in [5.74, 6) is 0.779. The summed E-state index contributed by atoms with van der Waals surface area (Å²) in [6, 6.07) is 20.2. The van der Waals surface area contributed by atoms with E-state index in [1.165, 1.54) is 0 Å². The van der Waals surface area contributed by atoms with E-state index in [1.54, 1.807) is 0 Å². The third-order valence-corrected chi connectivity index (χ3v) is 5.49. The van der Waals surface area contributed by atoms with Crippen LogP contribution in [0.25, 0.3) is 0 Å². The van der Waals surface area contributed by atoms with Crippen LogP contribution in [0.4, 0.5) is 5.69 Å². The van der Waals surface area contributed by atoms with Crippen LogP contribution in [-0.4, -0.2) is 6.21 Å². The number of hydrogen-bond donors (Lipinski definition) is 0. The van der Waals surface area contributed by atoms with Gasteiger partial charge in [0, 0.05) is 10.7 Å². The summed E-state index contributed by atoms with van der Waals surface area (Å²) in [4.78, 5) is 4.58. The van der Waals surface area contributed by atoms with Gasteiger partial charge in [0.2, 0.25) is 0 Å². The lowest BCUT2D eigenvalue weighted by Gasteiger charge is -2.11. The van der Waals surface area contributed by atoms with Crippen molar-refractivity contribution in [3.8, 4) is 5.75 Å². The quantitative estimate of drug-likeness (QED) is 0.307. The lowest BCUT2D eigenvalue weighted by Crippen LogP contribution is -1.97. The molecular weight excluding hydrogens is 522 g/mol. The zero-order chi connectivity index (χ0) is 18.5. The lowest BCUT2D eigenvalue weighted by molar-refractivity contribution is 0.302. The molecule has 3 aromatic rings. The van der Waals surface area contributed by atoms with Crippen molar-refractivity contribution in [1.82, 2.24) is 0 Å². The molecule has 0 radical (unpaired) electrons. The van der Waals surface area contributed by atoms with E-state index in [9.17, 15) is 0 Å². The maximum Gasteiger partial charge on any atom is 0.148 e.